The average molecular weight is 312 g/mol. The minimum atomic E-state index is -3.26. The van der Waals surface area contributed by atoms with Crippen molar-refractivity contribution in [3.8, 4) is 0 Å². The van der Waals surface area contributed by atoms with Crippen molar-refractivity contribution < 1.29 is 8.42 Å². The van der Waals surface area contributed by atoms with E-state index in [1.165, 1.54) is 6.26 Å². The highest BCUT2D eigenvalue weighted by molar-refractivity contribution is 7.90. The van der Waals surface area contributed by atoms with E-state index in [9.17, 15) is 8.42 Å². The van der Waals surface area contributed by atoms with Crippen LogP contribution in [0.2, 0.25) is 0 Å². The molecule has 1 aromatic heterocycles. The van der Waals surface area contributed by atoms with Gasteiger partial charge in [-0.2, -0.15) is 0 Å². The largest absolute Gasteiger partial charge is 0.354 e. The van der Waals surface area contributed by atoms with E-state index in [0.717, 1.165) is 45.6 Å². The molecule has 0 spiro atoms. The van der Waals surface area contributed by atoms with Crippen LogP contribution in [0.4, 0.5) is 5.82 Å². The minimum absolute atomic E-state index is 0.320. The predicted molar refractivity (Wildman–Crippen MR) is 84.3 cm³/mol. The van der Waals surface area contributed by atoms with Crippen molar-refractivity contribution in [2.24, 2.45) is 5.73 Å². The summed E-state index contributed by atoms with van der Waals surface area (Å²) >= 11 is 0. The Labute approximate surface area is 126 Å². The van der Waals surface area contributed by atoms with Gasteiger partial charge in [-0.05, 0) is 44.6 Å². The molecule has 2 rings (SSSR count). The number of hydrogen-bond donors (Lipinski definition) is 1. The van der Waals surface area contributed by atoms with Crippen LogP contribution in [0, 0.1) is 0 Å². The molecule has 0 atom stereocenters. The van der Waals surface area contributed by atoms with E-state index in [-0.39, 0.29) is 0 Å². The lowest BCUT2D eigenvalue weighted by molar-refractivity contribution is 0.291. The molecule has 1 saturated heterocycles. The standard InChI is InChI=1S/C14H24N4O2S/c1-21(19,20)13-5-2-7-16-14(13)18-10-4-9-17(11-12-18)8-3-6-15/h2,5,7H,3-4,6,8-12,15H2,1H3. The van der Waals surface area contributed by atoms with E-state index in [0.29, 0.717) is 17.3 Å². The number of nitrogens with two attached hydrogens (primary N) is 1. The first-order valence-corrected chi connectivity index (χ1v) is 9.24. The summed E-state index contributed by atoms with van der Waals surface area (Å²) < 4.78 is 23.8. The van der Waals surface area contributed by atoms with Gasteiger partial charge in [0.05, 0.1) is 0 Å². The van der Waals surface area contributed by atoms with Gasteiger partial charge < -0.3 is 15.5 Å². The highest BCUT2D eigenvalue weighted by Gasteiger charge is 2.21. The molecule has 1 aliphatic heterocycles. The maximum Gasteiger partial charge on any atom is 0.179 e. The van der Waals surface area contributed by atoms with Crippen LogP contribution in [-0.2, 0) is 9.84 Å². The number of nitrogens with zero attached hydrogens (tertiary/aromatic N) is 3. The molecule has 0 aromatic carbocycles. The fraction of sp³-hybridized carbons (Fsp3) is 0.643. The Balaban J connectivity index is 2.13. The monoisotopic (exact) mass is 312 g/mol. The third-order valence-corrected chi connectivity index (χ3v) is 4.83. The molecule has 1 fully saturated rings. The van der Waals surface area contributed by atoms with E-state index >= 15 is 0 Å². The lowest BCUT2D eigenvalue weighted by Gasteiger charge is -2.24. The first kappa shape index (κ1) is 16.2. The fourth-order valence-corrected chi connectivity index (χ4v) is 3.47. The van der Waals surface area contributed by atoms with Crippen molar-refractivity contribution in [2.45, 2.75) is 17.7 Å². The SMILES string of the molecule is CS(=O)(=O)c1cccnc1N1CCCN(CCCN)CC1. The van der Waals surface area contributed by atoms with E-state index in [1.807, 2.05) is 0 Å². The predicted octanol–water partition coefficient (Wildman–Crippen LogP) is 0.346. The van der Waals surface area contributed by atoms with Crippen LogP contribution in [0.5, 0.6) is 0 Å². The summed E-state index contributed by atoms with van der Waals surface area (Å²) in [6.45, 7) is 5.28. The Morgan fingerprint density at radius 1 is 1.29 bits per heavy atom. The van der Waals surface area contributed by atoms with Crippen molar-refractivity contribution in [3.63, 3.8) is 0 Å². The normalized spacial score (nSPS) is 17.7. The van der Waals surface area contributed by atoms with E-state index in [4.69, 9.17) is 5.73 Å². The van der Waals surface area contributed by atoms with Crippen molar-refractivity contribution in [3.05, 3.63) is 18.3 Å². The molecule has 6 nitrogen and oxygen atoms in total. The topological polar surface area (TPSA) is 79.5 Å². The first-order valence-electron chi connectivity index (χ1n) is 7.35. The highest BCUT2D eigenvalue weighted by atomic mass is 32.2. The quantitative estimate of drug-likeness (QED) is 0.845. The zero-order valence-electron chi connectivity index (χ0n) is 12.5. The molecule has 0 bridgehead atoms. The van der Waals surface area contributed by atoms with Crippen molar-refractivity contribution in [1.29, 1.82) is 0 Å². The van der Waals surface area contributed by atoms with Gasteiger partial charge in [-0.3, -0.25) is 0 Å². The van der Waals surface area contributed by atoms with Gasteiger partial charge >= 0.3 is 0 Å². The van der Waals surface area contributed by atoms with Gasteiger partial charge in [-0.15, -0.1) is 0 Å². The van der Waals surface area contributed by atoms with Crippen LogP contribution in [0.15, 0.2) is 23.2 Å². The van der Waals surface area contributed by atoms with Crippen LogP contribution in [0.3, 0.4) is 0 Å². The van der Waals surface area contributed by atoms with Crippen molar-refractivity contribution in [1.82, 2.24) is 9.88 Å². The van der Waals surface area contributed by atoms with Gasteiger partial charge in [0.1, 0.15) is 10.7 Å². The van der Waals surface area contributed by atoms with E-state index in [2.05, 4.69) is 14.8 Å². The highest BCUT2D eigenvalue weighted by Crippen LogP contribution is 2.23. The third kappa shape index (κ3) is 4.39. The number of rotatable bonds is 5. The van der Waals surface area contributed by atoms with Gasteiger partial charge in [-0.25, -0.2) is 13.4 Å². The van der Waals surface area contributed by atoms with Crippen LogP contribution in [0.25, 0.3) is 0 Å². The molecule has 1 aromatic rings. The number of anilines is 1. The summed E-state index contributed by atoms with van der Waals surface area (Å²) in [7, 11) is -3.26. The molecule has 0 unspecified atom stereocenters. The van der Waals surface area contributed by atoms with Crippen molar-refractivity contribution in [2.75, 3.05) is 50.4 Å². The van der Waals surface area contributed by atoms with Crippen LogP contribution in [0.1, 0.15) is 12.8 Å². The number of hydrogen-bond acceptors (Lipinski definition) is 6. The van der Waals surface area contributed by atoms with E-state index < -0.39 is 9.84 Å². The number of pyridine rings is 1. The zero-order chi connectivity index (χ0) is 15.3. The Bertz CT molecular complexity index is 562. The average Bonchev–Trinajstić information content (AvgIpc) is 2.69. The minimum Gasteiger partial charge on any atom is -0.354 e. The number of aromatic nitrogens is 1. The molecular weight excluding hydrogens is 288 g/mol. The lowest BCUT2D eigenvalue weighted by atomic mass is 10.3. The Hall–Kier alpha value is -1.18. The third-order valence-electron chi connectivity index (χ3n) is 3.72. The van der Waals surface area contributed by atoms with Crippen molar-refractivity contribution >= 4 is 15.7 Å². The molecule has 2 heterocycles. The molecule has 0 amide bonds. The van der Waals surface area contributed by atoms with Crippen LogP contribution < -0.4 is 10.6 Å². The Morgan fingerprint density at radius 3 is 2.81 bits per heavy atom. The molecule has 0 aliphatic carbocycles. The van der Waals surface area contributed by atoms with E-state index in [1.54, 1.807) is 18.3 Å². The fourth-order valence-electron chi connectivity index (χ4n) is 2.63. The molecule has 0 saturated carbocycles. The number of sulfone groups is 1. The Morgan fingerprint density at radius 2 is 2.10 bits per heavy atom. The summed E-state index contributed by atoms with van der Waals surface area (Å²) in [5.41, 5.74) is 5.56. The second-order valence-corrected chi connectivity index (χ2v) is 7.41. The summed E-state index contributed by atoms with van der Waals surface area (Å²) in [6, 6.07) is 3.31. The molecule has 0 radical (unpaired) electrons. The first-order chi connectivity index (χ1) is 10.0. The second kappa shape index (κ2) is 7.20. The lowest BCUT2D eigenvalue weighted by Crippen LogP contribution is -2.33. The summed E-state index contributed by atoms with van der Waals surface area (Å²) in [6.07, 6.45) is 4.89. The molecule has 21 heavy (non-hydrogen) atoms. The maximum absolute atomic E-state index is 11.9. The van der Waals surface area contributed by atoms with Gasteiger partial charge in [0.25, 0.3) is 0 Å². The van der Waals surface area contributed by atoms with Gasteiger partial charge in [-0.1, -0.05) is 0 Å². The van der Waals surface area contributed by atoms with Crippen LogP contribution in [-0.4, -0.2) is 63.8 Å². The van der Waals surface area contributed by atoms with Gasteiger partial charge in [0.2, 0.25) is 0 Å². The molecule has 2 N–H and O–H groups in total. The summed E-state index contributed by atoms with van der Waals surface area (Å²) in [4.78, 5) is 9.09. The maximum atomic E-state index is 11.9. The molecule has 1 aliphatic rings. The summed E-state index contributed by atoms with van der Waals surface area (Å²) in [5, 5.41) is 0. The van der Waals surface area contributed by atoms with Crippen LogP contribution >= 0.6 is 0 Å². The molecule has 7 heteroatoms. The zero-order valence-corrected chi connectivity index (χ0v) is 13.3. The molecule has 118 valence electrons. The Kier molecular flexibility index (Phi) is 5.55. The second-order valence-electron chi connectivity index (χ2n) is 5.42. The van der Waals surface area contributed by atoms with Gasteiger partial charge in [0, 0.05) is 32.1 Å². The van der Waals surface area contributed by atoms with Gasteiger partial charge in [0.15, 0.2) is 9.84 Å². The molecular formula is C14H24N4O2S. The smallest absolute Gasteiger partial charge is 0.179 e. The summed E-state index contributed by atoms with van der Waals surface area (Å²) in [5.74, 6) is 0.584.